The van der Waals surface area contributed by atoms with E-state index in [0.29, 0.717) is 11.3 Å². The molecule has 0 spiro atoms. The number of hydrogen-bond acceptors (Lipinski definition) is 3. The minimum atomic E-state index is -0.738. The summed E-state index contributed by atoms with van der Waals surface area (Å²) in [5, 5.41) is 0. The predicted molar refractivity (Wildman–Crippen MR) is 103 cm³/mol. The summed E-state index contributed by atoms with van der Waals surface area (Å²) in [6.45, 7) is 8.62. The summed E-state index contributed by atoms with van der Waals surface area (Å²) >= 11 is 3.60. The molecule has 4 heteroatoms. The van der Waals surface area contributed by atoms with Crippen molar-refractivity contribution < 1.29 is 14.3 Å². The van der Waals surface area contributed by atoms with Crippen molar-refractivity contribution >= 4 is 21.9 Å². The highest BCUT2D eigenvalue weighted by Gasteiger charge is 2.50. The van der Waals surface area contributed by atoms with Crippen molar-refractivity contribution in [1.29, 1.82) is 0 Å². The Labute approximate surface area is 161 Å². The van der Waals surface area contributed by atoms with E-state index in [4.69, 9.17) is 9.47 Å². The summed E-state index contributed by atoms with van der Waals surface area (Å²) in [6, 6.07) is 0. The van der Waals surface area contributed by atoms with Crippen LogP contribution in [-0.2, 0) is 14.3 Å². The average molecular weight is 413 g/mol. The standard InChI is InChI=1S/C21H33BrO3/c1-14(7-5-12-21(4)19(23)24-15(2)25-21)17-9-10-18-16(13-22)8-6-11-20(17,18)3/h13-15,17-18H,5-12H2,1-4H3/b16-13+/t14-,15-,17?,18+,20?,21-/m1/s1. The van der Waals surface area contributed by atoms with E-state index in [1.165, 1.54) is 38.5 Å². The number of ether oxygens (including phenoxy) is 2. The van der Waals surface area contributed by atoms with Gasteiger partial charge in [0, 0.05) is 0 Å². The smallest absolute Gasteiger partial charge is 0.340 e. The number of cyclic esters (lactones) is 1. The van der Waals surface area contributed by atoms with Gasteiger partial charge in [0.2, 0.25) is 6.29 Å². The lowest BCUT2D eigenvalue weighted by molar-refractivity contribution is -0.144. The number of carbonyl (C=O) groups is 1. The van der Waals surface area contributed by atoms with Crippen LogP contribution in [0.2, 0.25) is 0 Å². The average Bonchev–Trinajstić information content (AvgIpc) is 3.03. The van der Waals surface area contributed by atoms with Crippen molar-refractivity contribution in [3.63, 3.8) is 0 Å². The number of carbonyl (C=O) groups excluding carboxylic acids is 1. The van der Waals surface area contributed by atoms with Crippen LogP contribution in [0.25, 0.3) is 0 Å². The Bertz CT molecular complexity index is 545. The monoisotopic (exact) mass is 412 g/mol. The van der Waals surface area contributed by atoms with Gasteiger partial charge in [0.05, 0.1) is 0 Å². The Balaban J connectivity index is 1.57. The van der Waals surface area contributed by atoms with Crippen LogP contribution in [0.3, 0.4) is 0 Å². The number of fused-ring (bicyclic) bond motifs is 1. The normalized spacial score (nSPS) is 44.0. The summed E-state index contributed by atoms with van der Waals surface area (Å²) in [7, 11) is 0. The van der Waals surface area contributed by atoms with Gasteiger partial charge in [-0.2, -0.15) is 0 Å². The Morgan fingerprint density at radius 3 is 2.76 bits per heavy atom. The summed E-state index contributed by atoms with van der Waals surface area (Å²) in [6.07, 6.45) is 9.19. The van der Waals surface area contributed by atoms with Crippen LogP contribution in [0.15, 0.2) is 10.6 Å². The molecule has 6 atom stereocenters. The van der Waals surface area contributed by atoms with E-state index < -0.39 is 11.9 Å². The summed E-state index contributed by atoms with van der Waals surface area (Å²) in [4.78, 5) is 14.2. The number of allylic oxidation sites excluding steroid dienone is 1. The van der Waals surface area contributed by atoms with Gasteiger partial charge in [-0.05, 0) is 86.9 Å². The Kier molecular flexibility index (Phi) is 5.70. The highest BCUT2D eigenvalue weighted by atomic mass is 79.9. The van der Waals surface area contributed by atoms with Crippen LogP contribution < -0.4 is 0 Å². The van der Waals surface area contributed by atoms with E-state index in [9.17, 15) is 4.79 Å². The Hall–Kier alpha value is -0.350. The summed E-state index contributed by atoms with van der Waals surface area (Å²) in [5.74, 6) is 2.06. The van der Waals surface area contributed by atoms with Crippen LogP contribution in [0.4, 0.5) is 0 Å². The van der Waals surface area contributed by atoms with Crippen molar-refractivity contribution in [2.24, 2.45) is 23.2 Å². The Morgan fingerprint density at radius 1 is 1.36 bits per heavy atom. The molecule has 142 valence electrons. The fourth-order valence-electron chi connectivity index (χ4n) is 5.98. The van der Waals surface area contributed by atoms with Gasteiger partial charge < -0.3 is 9.47 Å². The molecule has 2 saturated carbocycles. The molecule has 3 rings (SSSR count). The van der Waals surface area contributed by atoms with Gasteiger partial charge >= 0.3 is 5.97 Å². The van der Waals surface area contributed by atoms with E-state index in [1.54, 1.807) is 12.5 Å². The van der Waals surface area contributed by atoms with Gasteiger partial charge in [-0.3, -0.25) is 0 Å². The first-order chi connectivity index (χ1) is 11.8. The van der Waals surface area contributed by atoms with Gasteiger partial charge in [-0.15, -0.1) is 0 Å². The molecule has 1 aliphatic heterocycles. The molecule has 0 aromatic rings. The van der Waals surface area contributed by atoms with Crippen molar-refractivity contribution in [2.75, 3.05) is 0 Å². The molecule has 1 saturated heterocycles. The number of rotatable bonds is 5. The summed E-state index contributed by atoms with van der Waals surface area (Å²) in [5.41, 5.74) is 1.35. The van der Waals surface area contributed by atoms with Crippen molar-refractivity contribution in [3.8, 4) is 0 Å². The van der Waals surface area contributed by atoms with E-state index >= 15 is 0 Å². The molecule has 0 aromatic heterocycles. The highest BCUT2D eigenvalue weighted by molar-refractivity contribution is 9.11. The third kappa shape index (κ3) is 3.58. The number of hydrogen-bond donors (Lipinski definition) is 0. The summed E-state index contributed by atoms with van der Waals surface area (Å²) < 4.78 is 10.9. The van der Waals surface area contributed by atoms with Gasteiger partial charge in [0.1, 0.15) is 0 Å². The molecule has 1 heterocycles. The van der Waals surface area contributed by atoms with Gasteiger partial charge in [0.25, 0.3) is 0 Å². The lowest BCUT2D eigenvalue weighted by Gasteiger charge is -2.44. The van der Waals surface area contributed by atoms with Gasteiger partial charge in [-0.1, -0.05) is 41.8 Å². The zero-order valence-corrected chi connectivity index (χ0v) is 17.7. The van der Waals surface area contributed by atoms with E-state index in [0.717, 1.165) is 24.7 Å². The fourth-order valence-corrected chi connectivity index (χ4v) is 6.53. The molecule has 0 amide bonds. The van der Waals surface area contributed by atoms with Crippen LogP contribution >= 0.6 is 15.9 Å². The largest absolute Gasteiger partial charge is 0.434 e. The molecule has 0 bridgehead atoms. The molecule has 25 heavy (non-hydrogen) atoms. The van der Waals surface area contributed by atoms with Crippen LogP contribution in [-0.4, -0.2) is 17.9 Å². The lowest BCUT2D eigenvalue weighted by Crippen LogP contribution is -2.36. The van der Waals surface area contributed by atoms with Crippen LogP contribution in [0.5, 0.6) is 0 Å². The molecule has 0 N–H and O–H groups in total. The van der Waals surface area contributed by atoms with Crippen molar-refractivity contribution in [3.05, 3.63) is 10.6 Å². The maximum atomic E-state index is 12.0. The number of halogens is 1. The topological polar surface area (TPSA) is 35.5 Å². The molecule has 3 aliphatic rings. The predicted octanol–water partition coefficient (Wildman–Crippen LogP) is 5.97. The second-order valence-electron chi connectivity index (χ2n) is 8.97. The minimum Gasteiger partial charge on any atom is -0.434 e. The molecule has 2 aliphatic carbocycles. The van der Waals surface area contributed by atoms with E-state index in [2.05, 4.69) is 34.8 Å². The maximum absolute atomic E-state index is 12.0. The third-order valence-corrected chi connectivity index (χ3v) is 7.90. The second-order valence-corrected chi connectivity index (χ2v) is 9.43. The van der Waals surface area contributed by atoms with Crippen molar-refractivity contribution in [2.45, 2.75) is 91.0 Å². The van der Waals surface area contributed by atoms with Gasteiger partial charge in [0.15, 0.2) is 5.60 Å². The Morgan fingerprint density at radius 2 is 2.12 bits per heavy atom. The fraction of sp³-hybridized carbons (Fsp3) is 0.857. The van der Waals surface area contributed by atoms with Crippen molar-refractivity contribution in [1.82, 2.24) is 0 Å². The van der Waals surface area contributed by atoms with Gasteiger partial charge in [-0.25, -0.2) is 4.79 Å². The molecule has 0 radical (unpaired) electrons. The van der Waals surface area contributed by atoms with Crippen LogP contribution in [0, 0.1) is 23.2 Å². The molecule has 2 unspecified atom stereocenters. The zero-order valence-electron chi connectivity index (χ0n) is 16.1. The first-order valence-electron chi connectivity index (χ1n) is 9.98. The minimum absolute atomic E-state index is 0.195. The number of esters is 1. The highest BCUT2D eigenvalue weighted by Crippen LogP contribution is 2.60. The second kappa shape index (κ2) is 7.34. The molecule has 0 aromatic carbocycles. The maximum Gasteiger partial charge on any atom is 0.340 e. The quantitative estimate of drug-likeness (QED) is 0.521. The SMILES string of the molecule is C[C@@H]1OC(=O)[C@@](C)(CCC[C@@H](C)C2CC[C@H]3/C(=C/Br)CCCC23C)O1. The van der Waals surface area contributed by atoms with Crippen LogP contribution in [0.1, 0.15) is 79.1 Å². The third-order valence-electron chi connectivity index (χ3n) is 7.31. The van der Waals surface area contributed by atoms with E-state index in [-0.39, 0.29) is 5.97 Å². The first-order valence-corrected chi connectivity index (χ1v) is 10.9. The van der Waals surface area contributed by atoms with E-state index in [1.807, 2.05) is 6.92 Å². The molecule has 3 nitrogen and oxygen atoms in total. The molecular weight excluding hydrogens is 380 g/mol. The first kappa shape index (κ1) is 19.4. The lowest BCUT2D eigenvalue weighted by atomic mass is 9.61. The zero-order chi connectivity index (χ0) is 18.2. The molecular formula is C21H33BrO3. The molecule has 3 fully saturated rings.